The molecule has 1 rings (SSSR count). The van der Waals surface area contributed by atoms with Crippen molar-refractivity contribution in [3.63, 3.8) is 0 Å². The topological polar surface area (TPSA) is 67.4 Å². The number of carbonyl (C=O) groups is 2. The Hall–Kier alpha value is -1.26. The van der Waals surface area contributed by atoms with E-state index in [0.29, 0.717) is 12.0 Å². The molecular weight excluding hydrogens is 256 g/mol. The van der Waals surface area contributed by atoms with Gasteiger partial charge in [0.25, 0.3) is 0 Å². The van der Waals surface area contributed by atoms with Crippen molar-refractivity contribution >= 4 is 12.0 Å². The van der Waals surface area contributed by atoms with Gasteiger partial charge in [0.2, 0.25) is 5.91 Å². The summed E-state index contributed by atoms with van der Waals surface area (Å²) < 4.78 is 5.10. The average Bonchev–Trinajstić information content (AvgIpc) is 2.55. The first-order chi connectivity index (χ1) is 9.07. The van der Waals surface area contributed by atoms with Gasteiger partial charge in [-0.15, -0.1) is 0 Å². The molecule has 5 heteroatoms. The molecule has 1 aliphatic carbocycles. The van der Waals surface area contributed by atoms with E-state index in [-0.39, 0.29) is 18.4 Å². The minimum absolute atomic E-state index is 0.0104. The van der Waals surface area contributed by atoms with E-state index in [2.05, 4.69) is 24.5 Å². The number of carbonyl (C=O) groups excluding carboxylic acids is 2. The van der Waals surface area contributed by atoms with Crippen molar-refractivity contribution in [1.82, 2.24) is 10.6 Å². The quantitative estimate of drug-likeness (QED) is 0.834. The Morgan fingerprint density at radius 3 is 2.45 bits per heavy atom. The van der Waals surface area contributed by atoms with Gasteiger partial charge in [-0.2, -0.15) is 0 Å². The van der Waals surface area contributed by atoms with Crippen LogP contribution in [-0.2, 0) is 9.53 Å². The third-order valence-electron chi connectivity index (χ3n) is 3.35. The molecule has 1 fully saturated rings. The molecule has 20 heavy (non-hydrogen) atoms. The average molecular weight is 284 g/mol. The largest absolute Gasteiger partial charge is 0.444 e. The first-order valence-electron chi connectivity index (χ1n) is 7.34. The minimum Gasteiger partial charge on any atom is -0.444 e. The zero-order chi connectivity index (χ0) is 15.4. The van der Waals surface area contributed by atoms with Gasteiger partial charge >= 0.3 is 6.09 Å². The van der Waals surface area contributed by atoms with Crippen LogP contribution in [0.25, 0.3) is 0 Å². The molecule has 0 heterocycles. The zero-order valence-electron chi connectivity index (χ0n) is 13.3. The lowest BCUT2D eigenvalue weighted by molar-refractivity contribution is -0.121. The summed E-state index contributed by atoms with van der Waals surface area (Å²) in [5.74, 6) is -0.0104. The number of hydrogen-bond acceptors (Lipinski definition) is 3. The van der Waals surface area contributed by atoms with Crippen molar-refractivity contribution in [2.24, 2.45) is 5.41 Å². The lowest BCUT2D eigenvalue weighted by Gasteiger charge is -2.20. The number of amides is 2. The number of nitrogens with one attached hydrogen (secondary N) is 2. The molecule has 0 radical (unpaired) electrons. The van der Waals surface area contributed by atoms with Gasteiger partial charge in [-0.3, -0.25) is 4.79 Å². The fourth-order valence-electron chi connectivity index (χ4n) is 2.45. The maximum atomic E-state index is 11.8. The minimum atomic E-state index is -0.512. The Labute approximate surface area is 121 Å². The highest BCUT2D eigenvalue weighted by Crippen LogP contribution is 2.36. The number of hydrogen-bond donors (Lipinski definition) is 2. The van der Waals surface area contributed by atoms with E-state index in [0.717, 1.165) is 19.3 Å². The Morgan fingerprint density at radius 2 is 1.95 bits per heavy atom. The van der Waals surface area contributed by atoms with Crippen LogP contribution in [0.1, 0.15) is 60.3 Å². The van der Waals surface area contributed by atoms with Gasteiger partial charge in [-0.1, -0.05) is 13.8 Å². The predicted octanol–water partition coefficient (Wildman–Crippen LogP) is 2.60. The van der Waals surface area contributed by atoms with E-state index < -0.39 is 11.7 Å². The van der Waals surface area contributed by atoms with Crippen molar-refractivity contribution in [2.75, 3.05) is 6.54 Å². The van der Waals surface area contributed by atoms with Crippen LogP contribution in [0.4, 0.5) is 4.79 Å². The molecule has 2 N–H and O–H groups in total. The van der Waals surface area contributed by atoms with Crippen molar-refractivity contribution in [3.05, 3.63) is 0 Å². The summed E-state index contributed by atoms with van der Waals surface area (Å²) in [6.07, 6.45) is 3.02. The van der Waals surface area contributed by atoms with Gasteiger partial charge in [-0.25, -0.2) is 4.79 Å². The van der Waals surface area contributed by atoms with Crippen LogP contribution in [0.2, 0.25) is 0 Å². The standard InChI is InChI=1S/C15H28N2O3/c1-14(2,3)20-13(19)16-9-7-12(18)17-11-6-8-15(4,5)10-11/h11H,6-10H2,1-5H3,(H,16,19)(H,17,18). The third kappa shape index (κ3) is 6.78. The van der Waals surface area contributed by atoms with E-state index in [1.807, 2.05) is 0 Å². The molecule has 1 saturated carbocycles. The smallest absolute Gasteiger partial charge is 0.407 e. The maximum absolute atomic E-state index is 11.8. The van der Waals surface area contributed by atoms with Gasteiger partial charge in [0.15, 0.2) is 0 Å². The number of ether oxygens (including phenoxy) is 1. The Bertz CT molecular complexity index is 359. The molecule has 2 amide bonds. The van der Waals surface area contributed by atoms with E-state index in [1.54, 1.807) is 20.8 Å². The van der Waals surface area contributed by atoms with Gasteiger partial charge in [0, 0.05) is 19.0 Å². The molecule has 1 aliphatic rings. The molecule has 116 valence electrons. The van der Waals surface area contributed by atoms with Crippen molar-refractivity contribution < 1.29 is 14.3 Å². The number of alkyl carbamates (subject to hydrolysis) is 1. The van der Waals surface area contributed by atoms with E-state index in [9.17, 15) is 9.59 Å². The SMILES string of the molecule is CC1(C)CCC(NC(=O)CCNC(=O)OC(C)(C)C)C1. The van der Waals surface area contributed by atoms with E-state index in [1.165, 1.54) is 0 Å². The molecule has 0 aromatic carbocycles. The van der Waals surface area contributed by atoms with E-state index >= 15 is 0 Å². The van der Waals surface area contributed by atoms with Crippen LogP contribution >= 0.6 is 0 Å². The van der Waals surface area contributed by atoms with Crippen LogP contribution in [-0.4, -0.2) is 30.2 Å². The van der Waals surface area contributed by atoms with Crippen molar-refractivity contribution in [2.45, 2.75) is 71.9 Å². The predicted molar refractivity (Wildman–Crippen MR) is 78.4 cm³/mol. The molecule has 0 spiro atoms. The van der Waals surface area contributed by atoms with Crippen LogP contribution < -0.4 is 10.6 Å². The fraction of sp³-hybridized carbons (Fsp3) is 0.867. The van der Waals surface area contributed by atoms with Gasteiger partial charge in [0.1, 0.15) is 5.60 Å². The third-order valence-corrected chi connectivity index (χ3v) is 3.35. The normalized spacial score (nSPS) is 21.4. The Balaban J connectivity index is 2.16. The Kier molecular flexibility index (Phi) is 5.42. The Morgan fingerprint density at radius 1 is 1.30 bits per heavy atom. The maximum Gasteiger partial charge on any atom is 0.407 e. The summed E-state index contributed by atoms with van der Waals surface area (Å²) >= 11 is 0. The highest BCUT2D eigenvalue weighted by molar-refractivity contribution is 5.77. The summed E-state index contributed by atoms with van der Waals surface area (Å²) in [5.41, 5.74) is -0.186. The molecule has 1 unspecified atom stereocenters. The molecule has 0 aliphatic heterocycles. The molecule has 5 nitrogen and oxygen atoms in total. The van der Waals surface area contributed by atoms with Gasteiger partial charge in [0.05, 0.1) is 0 Å². The lowest BCUT2D eigenvalue weighted by atomic mass is 9.92. The molecule has 0 bridgehead atoms. The van der Waals surface area contributed by atoms with Gasteiger partial charge in [-0.05, 0) is 45.4 Å². The summed E-state index contributed by atoms with van der Waals surface area (Å²) in [7, 11) is 0. The number of rotatable bonds is 4. The molecule has 0 saturated heterocycles. The monoisotopic (exact) mass is 284 g/mol. The molecule has 0 aromatic heterocycles. The second kappa shape index (κ2) is 6.46. The second-order valence-electron chi connectivity index (χ2n) is 7.35. The van der Waals surface area contributed by atoms with Crippen LogP contribution in [0.15, 0.2) is 0 Å². The van der Waals surface area contributed by atoms with Crippen LogP contribution in [0.3, 0.4) is 0 Å². The highest BCUT2D eigenvalue weighted by Gasteiger charge is 2.31. The first kappa shape index (κ1) is 16.8. The zero-order valence-corrected chi connectivity index (χ0v) is 13.3. The summed E-state index contributed by atoms with van der Waals surface area (Å²) in [5, 5.41) is 5.61. The van der Waals surface area contributed by atoms with Crippen LogP contribution in [0.5, 0.6) is 0 Å². The molecular formula is C15H28N2O3. The molecule has 1 atom stereocenters. The van der Waals surface area contributed by atoms with Crippen molar-refractivity contribution in [3.8, 4) is 0 Å². The van der Waals surface area contributed by atoms with E-state index in [4.69, 9.17) is 4.74 Å². The molecule has 0 aromatic rings. The second-order valence-corrected chi connectivity index (χ2v) is 7.35. The summed E-state index contributed by atoms with van der Waals surface area (Å²) in [4.78, 5) is 23.2. The summed E-state index contributed by atoms with van der Waals surface area (Å²) in [6.45, 7) is 10.2. The van der Waals surface area contributed by atoms with Crippen molar-refractivity contribution in [1.29, 1.82) is 0 Å². The fourth-order valence-corrected chi connectivity index (χ4v) is 2.45. The van der Waals surface area contributed by atoms with Gasteiger partial charge < -0.3 is 15.4 Å². The first-order valence-corrected chi connectivity index (χ1v) is 7.34. The summed E-state index contributed by atoms with van der Waals surface area (Å²) in [6, 6.07) is 0.277. The van der Waals surface area contributed by atoms with Crippen LogP contribution in [0, 0.1) is 5.41 Å². The lowest BCUT2D eigenvalue weighted by Crippen LogP contribution is -2.37. The highest BCUT2D eigenvalue weighted by atomic mass is 16.6.